The average molecular weight is 692 g/mol. The molecule has 11 heteroatoms. The second-order valence-electron chi connectivity index (χ2n) is 11.8. The number of rotatable bonds is 11. The summed E-state index contributed by atoms with van der Waals surface area (Å²) in [6.07, 6.45) is 1.70. The number of nitrogens with zero attached hydrogens (tertiary/aromatic N) is 2. The summed E-state index contributed by atoms with van der Waals surface area (Å²) in [5.74, 6) is 0.457. The molecule has 6 aromatic rings. The number of nitrogens with one attached hydrogen (secondary N) is 1. The van der Waals surface area contributed by atoms with Crippen LogP contribution in [0.15, 0.2) is 146 Å². The number of para-hydroxylation sites is 4. The summed E-state index contributed by atoms with van der Waals surface area (Å²) in [6, 6.07) is 41.4. The summed E-state index contributed by atoms with van der Waals surface area (Å²) in [7, 11) is -4.46. The van der Waals surface area contributed by atoms with Gasteiger partial charge >= 0.3 is 15.2 Å². The molecule has 0 saturated carbocycles. The van der Waals surface area contributed by atoms with Crippen LogP contribution in [0, 0.1) is 0 Å². The third-order valence-corrected chi connectivity index (χ3v) is 12.4. The van der Waals surface area contributed by atoms with E-state index in [1.54, 1.807) is 103 Å². The minimum atomic E-state index is -4.19. The van der Waals surface area contributed by atoms with Gasteiger partial charge in [0.2, 0.25) is 0 Å². The molecule has 9 nitrogen and oxygen atoms in total. The van der Waals surface area contributed by atoms with E-state index in [-0.39, 0.29) is 6.42 Å². The van der Waals surface area contributed by atoms with Crippen LogP contribution >= 0.6 is 15.2 Å². The van der Waals surface area contributed by atoms with Gasteiger partial charge in [0.05, 0.1) is 11.2 Å². The maximum atomic E-state index is 15.6. The van der Waals surface area contributed by atoms with Crippen LogP contribution in [0.3, 0.4) is 0 Å². The Morgan fingerprint density at radius 3 is 1.53 bits per heavy atom. The number of hydrogen-bond acceptors (Lipinski definition) is 9. The van der Waals surface area contributed by atoms with Crippen LogP contribution in [0.25, 0.3) is 10.9 Å². The molecule has 1 N–H and O–H groups in total. The van der Waals surface area contributed by atoms with Crippen molar-refractivity contribution in [2.75, 3.05) is 24.3 Å². The molecule has 0 radical (unpaired) electrons. The summed E-state index contributed by atoms with van der Waals surface area (Å²) in [5.41, 5.74) is 1.72. The summed E-state index contributed by atoms with van der Waals surface area (Å²) in [5, 5.41) is 4.34. The van der Waals surface area contributed by atoms with Crippen molar-refractivity contribution >= 4 is 37.5 Å². The molecule has 1 aliphatic rings. The Morgan fingerprint density at radius 1 is 0.633 bits per heavy atom. The Kier molecular flexibility index (Phi) is 9.05. The van der Waals surface area contributed by atoms with E-state index in [9.17, 15) is 0 Å². The summed E-state index contributed by atoms with van der Waals surface area (Å²) in [4.78, 5) is 6.76. The molecular formula is C38H35N3O6P2. The third kappa shape index (κ3) is 6.86. The number of hydrogen-bond donors (Lipinski definition) is 1. The Bertz CT molecular complexity index is 2050. The molecule has 0 aliphatic carbocycles. The largest absolute Gasteiger partial charge is 0.452 e. The van der Waals surface area contributed by atoms with Crippen LogP contribution in [0.5, 0.6) is 23.0 Å². The number of benzene rings is 5. The maximum absolute atomic E-state index is 15.6. The van der Waals surface area contributed by atoms with Gasteiger partial charge in [-0.3, -0.25) is 4.98 Å². The lowest BCUT2D eigenvalue weighted by Gasteiger charge is -2.39. The standard InChI is InChI=1S/C38H35N3O6P2/c1-41(2)34-26-33-35(48(42,44-28-16-7-3-8-17-28)45-29-18-9-4-10-19-29)27-36(40-38(33)37-32(34)24-15-25-39-37)49(43,46-30-20-11-5-12-21-30)47-31-22-13-6-14-23-31/h3-26,35-36,40H,27H2,1-2H3. The van der Waals surface area contributed by atoms with Gasteiger partial charge in [0.25, 0.3) is 0 Å². The first-order valence-electron chi connectivity index (χ1n) is 15.8. The lowest BCUT2D eigenvalue weighted by Crippen LogP contribution is -2.33. The van der Waals surface area contributed by atoms with E-state index in [0.717, 1.165) is 11.1 Å². The van der Waals surface area contributed by atoms with E-state index in [2.05, 4.69) is 5.32 Å². The monoisotopic (exact) mass is 691 g/mol. The molecule has 2 atom stereocenters. The van der Waals surface area contributed by atoms with Crippen molar-refractivity contribution in [3.8, 4) is 23.0 Å². The highest BCUT2D eigenvalue weighted by Crippen LogP contribution is 2.68. The summed E-state index contributed by atoms with van der Waals surface area (Å²) >= 11 is 0. The molecule has 5 aromatic carbocycles. The highest BCUT2D eigenvalue weighted by Gasteiger charge is 2.52. The number of anilines is 2. The molecule has 248 valence electrons. The SMILES string of the molecule is CN(C)c1cc2c(c3ncccc13)NC(P(=O)(Oc1ccccc1)Oc1ccccc1)CC2P(=O)(Oc1ccccc1)Oc1ccccc1. The topological polar surface area (TPSA) is 99.2 Å². The average Bonchev–Trinajstić information content (AvgIpc) is 3.12. The van der Waals surface area contributed by atoms with Gasteiger partial charge in [-0.15, -0.1) is 0 Å². The fourth-order valence-electron chi connectivity index (χ4n) is 5.91. The third-order valence-electron chi connectivity index (χ3n) is 8.17. The zero-order chi connectivity index (χ0) is 33.8. The number of aromatic nitrogens is 1. The molecule has 2 unspecified atom stereocenters. The van der Waals surface area contributed by atoms with Gasteiger partial charge < -0.3 is 28.3 Å². The lowest BCUT2D eigenvalue weighted by molar-refractivity contribution is 0.355. The Balaban J connectivity index is 1.44. The van der Waals surface area contributed by atoms with Gasteiger partial charge in [0.15, 0.2) is 5.78 Å². The fraction of sp³-hybridized carbons (Fsp3) is 0.132. The van der Waals surface area contributed by atoms with E-state index in [4.69, 9.17) is 23.1 Å². The van der Waals surface area contributed by atoms with Crippen molar-refractivity contribution in [3.63, 3.8) is 0 Å². The molecule has 0 bridgehead atoms. The summed E-state index contributed by atoms with van der Waals surface area (Å²) in [6.45, 7) is 0. The van der Waals surface area contributed by atoms with Crippen molar-refractivity contribution in [1.29, 1.82) is 0 Å². The lowest BCUT2D eigenvalue weighted by atomic mass is 9.98. The molecule has 0 spiro atoms. The molecule has 0 amide bonds. The van der Waals surface area contributed by atoms with Crippen LogP contribution in [0.4, 0.5) is 11.4 Å². The van der Waals surface area contributed by atoms with Gasteiger partial charge in [0.1, 0.15) is 28.7 Å². The molecule has 49 heavy (non-hydrogen) atoms. The van der Waals surface area contributed by atoms with Crippen molar-refractivity contribution in [1.82, 2.24) is 4.98 Å². The van der Waals surface area contributed by atoms with Crippen molar-refractivity contribution in [3.05, 3.63) is 151 Å². The van der Waals surface area contributed by atoms with Crippen molar-refractivity contribution in [2.24, 2.45) is 0 Å². The smallest absolute Gasteiger partial charge is 0.416 e. The molecule has 0 saturated heterocycles. The van der Waals surface area contributed by atoms with Crippen LogP contribution in [-0.2, 0) is 9.13 Å². The zero-order valence-electron chi connectivity index (χ0n) is 27.0. The highest BCUT2D eigenvalue weighted by atomic mass is 31.2. The van der Waals surface area contributed by atoms with Gasteiger partial charge in [-0.05, 0) is 72.3 Å². The second kappa shape index (κ2) is 13.7. The first kappa shape index (κ1) is 32.3. The second-order valence-corrected chi connectivity index (χ2v) is 15.9. The van der Waals surface area contributed by atoms with Gasteiger partial charge in [-0.25, -0.2) is 9.13 Å². The maximum Gasteiger partial charge on any atom is 0.452 e. The quantitative estimate of drug-likeness (QED) is 0.133. The Morgan fingerprint density at radius 2 is 1.08 bits per heavy atom. The Labute approximate surface area is 285 Å². The number of pyridine rings is 1. The van der Waals surface area contributed by atoms with E-state index < -0.39 is 26.6 Å². The van der Waals surface area contributed by atoms with Gasteiger partial charge in [-0.2, -0.15) is 0 Å². The first-order valence-corrected chi connectivity index (χ1v) is 19.1. The predicted molar refractivity (Wildman–Crippen MR) is 194 cm³/mol. The van der Waals surface area contributed by atoms with Crippen molar-refractivity contribution in [2.45, 2.75) is 17.9 Å². The molecule has 2 heterocycles. The number of fused-ring (bicyclic) bond motifs is 3. The minimum Gasteiger partial charge on any atom is -0.416 e. The fourth-order valence-corrected chi connectivity index (χ4v) is 10.1. The highest BCUT2D eigenvalue weighted by molar-refractivity contribution is 7.56. The molecular weight excluding hydrogens is 656 g/mol. The molecule has 0 fully saturated rings. The van der Waals surface area contributed by atoms with Crippen LogP contribution in [-0.4, -0.2) is 24.9 Å². The van der Waals surface area contributed by atoms with Crippen LogP contribution in [0.1, 0.15) is 17.6 Å². The van der Waals surface area contributed by atoms with Gasteiger partial charge in [0, 0.05) is 37.8 Å². The molecule has 7 rings (SSSR count). The van der Waals surface area contributed by atoms with Crippen LogP contribution < -0.4 is 28.3 Å². The predicted octanol–water partition coefficient (Wildman–Crippen LogP) is 10.2. The molecule has 1 aliphatic heterocycles. The van der Waals surface area contributed by atoms with E-state index in [0.29, 0.717) is 39.8 Å². The molecule has 1 aromatic heterocycles. The zero-order valence-corrected chi connectivity index (χ0v) is 28.7. The van der Waals surface area contributed by atoms with E-state index >= 15 is 9.13 Å². The van der Waals surface area contributed by atoms with Crippen LogP contribution in [0.2, 0.25) is 0 Å². The Hall–Kier alpha value is -5.23. The van der Waals surface area contributed by atoms with Gasteiger partial charge in [-0.1, -0.05) is 72.8 Å². The van der Waals surface area contributed by atoms with E-state index in [1.165, 1.54) is 0 Å². The van der Waals surface area contributed by atoms with E-state index in [1.807, 2.05) is 61.5 Å². The minimum absolute atomic E-state index is 0.00605. The van der Waals surface area contributed by atoms with Crippen molar-refractivity contribution < 1.29 is 27.2 Å². The summed E-state index contributed by atoms with van der Waals surface area (Å²) < 4.78 is 56.3. The normalized spacial score (nSPS) is 15.8. The first-order chi connectivity index (χ1) is 23.8.